The number of methoxy groups -OCH3 is 5. The van der Waals surface area contributed by atoms with Crippen molar-refractivity contribution in [3.05, 3.63) is 50.3 Å². The molecular formula is C21H20INO10. The minimum atomic E-state index is -2.73. The van der Waals surface area contributed by atoms with Crippen molar-refractivity contribution in [2.24, 2.45) is 5.41 Å². The number of rotatable bonds is 7. The van der Waals surface area contributed by atoms with Gasteiger partial charge in [0.15, 0.2) is 0 Å². The lowest BCUT2D eigenvalue weighted by molar-refractivity contribution is -0.165. The second-order valence-electron chi connectivity index (χ2n) is 6.34. The van der Waals surface area contributed by atoms with E-state index in [1.54, 1.807) is 24.3 Å². The van der Waals surface area contributed by atoms with Crippen LogP contribution in [0.3, 0.4) is 0 Å². The monoisotopic (exact) mass is 573 g/mol. The van der Waals surface area contributed by atoms with E-state index in [4.69, 9.17) is 23.7 Å². The quantitative estimate of drug-likeness (QED) is 0.217. The van der Waals surface area contributed by atoms with Crippen LogP contribution < -0.4 is 5.32 Å². The van der Waals surface area contributed by atoms with Crippen LogP contribution in [-0.2, 0) is 47.7 Å². The number of nitrogens with one attached hydrogen (secondary N) is 1. The molecule has 1 aliphatic carbocycles. The predicted molar refractivity (Wildman–Crippen MR) is 119 cm³/mol. The van der Waals surface area contributed by atoms with Gasteiger partial charge in [0.25, 0.3) is 0 Å². The van der Waals surface area contributed by atoms with Crippen LogP contribution in [0.2, 0.25) is 0 Å². The highest BCUT2D eigenvalue weighted by Gasteiger charge is 2.65. The maximum absolute atomic E-state index is 13.2. The summed E-state index contributed by atoms with van der Waals surface area (Å²) in [4.78, 5) is 64.9. The van der Waals surface area contributed by atoms with Gasteiger partial charge in [-0.3, -0.25) is 9.59 Å². The van der Waals surface area contributed by atoms with Crippen LogP contribution in [0.15, 0.2) is 46.7 Å². The summed E-state index contributed by atoms with van der Waals surface area (Å²) >= 11 is 2.06. The van der Waals surface area contributed by atoms with Gasteiger partial charge in [-0.15, -0.1) is 0 Å². The van der Waals surface area contributed by atoms with Crippen molar-refractivity contribution >= 4 is 58.1 Å². The maximum Gasteiger partial charge on any atom is 0.340 e. The molecule has 1 aliphatic rings. The Morgan fingerprint density at radius 3 is 1.58 bits per heavy atom. The molecule has 12 heteroatoms. The number of carbonyl (C=O) groups excluding carboxylic acids is 5. The van der Waals surface area contributed by atoms with Gasteiger partial charge in [-0.25, -0.2) is 14.4 Å². The number of anilines is 1. The summed E-state index contributed by atoms with van der Waals surface area (Å²) in [7, 11) is 4.88. The molecule has 0 saturated carbocycles. The Balaban J connectivity index is 3.10. The first-order chi connectivity index (χ1) is 15.6. The average molecular weight is 573 g/mol. The minimum Gasteiger partial charge on any atom is -0.468 e. The van der Waals surface area contributed by atoms with Crippen LogP contribution in [0.25, 0.3) is 0 Å². The van der Waals surface area contributed by atoms with Gasteiger partial charge in [0.05, 0.1) is 58.0 Å². The zero-order valence-corrected chi connectivity index (χ0v) is 20.4. The van der Waals surface area contributed by atoms with Gasteiger partial charge in [0, 0.05) is 9.26 Å². The van der Waals surface area contributed by atoms with E-state index in [-0.39, 0.29) is 0 Å². The number of benzene rings is 1. The number of carbonyl (C=O) groups is 5. The molecule has 0 unspecified atom stereocenters. The molecule has 11 nitrogen and oxygen atoms in total. The normalized spacial score (nSPS) is 14.4. The molecule has 0 fully saturated rings. The first-order valence-corrected chi connectivity index (χ1v) is 10.2. The number of hydrogen-bond acceptors (Lipinski definition) is 11. The Morgan fingerprint density at radius 2 is 1.15 bits per heavy atom. The molecule has 1 aromatic carbocycles. The van der Waals surface area contributed by atoms with E-state index >= 15 is 0 Å². The third kappa shape index (κ3) is 4.29. The zero-order chi connectivity index (χ0) is 24.9. The van der Waals surface area contributed by atoms with Crippen molar-refractivity contribution in [1.29, 1.82) is 0 Å². The van der Waals surface area contributed by atoms with E-state index in [0.29, 0.717) is 5.69 Å². The number of hydrogen-bond donors (Lipinski definition) is 1. The van der Waals surface area contributed by atoms with Crippen LogP contribution in [0.5, 0.6) is 0 Å². The number of esters is 5. The molecule has 0 aromatic heterocycles. The largest absolute Gasteiger partial charge is 0.468 e. The van der Waals surface area contributed by atoms with Crippen molar-refractivity contribution in [3.63, 3.8) is 0 Å². The lowest BCUT2D eigenvalue weighted by atomic mass is 9.78. The summed E-state index contributed by atoms with van der Waals surface area (Å²) < 4.78 is 24.8. The third-order valence-corrected chi connectivity index (χ3v) is 5.48. The minimum absolute atomic E-state index is 0.305. The zero-order valence-electron chi connectivity index (χ0n) is 18.3. The lowest BCUT2D eigenvalue weighted by Crippen LogP contribution is -2.47. The average Bonchev–Trinajstić information content (AvgIpc) is 3.14. The van der Waals surface area contributed by atoms with Crippen molar-refractivity contribution in [1.82, 2.24) is 0 Å². The molecule has 0 heterocycles. The molecular weight excluding hydrogens is 553 g/mol. The molecule has 0 amide bonds. The summed E-state index contributed by atoms with van der Waals surface area (Å²) in [6.07, 6.45) is 0. The van der Waals surface area contributed by atoms with E-state index in [0.717, 1.165) is 39.1 Å². The second kappa shape index (κ2) is 10.5. The fourth-order valence-electron chi connectivity index (χ4n) is 3.35. The smallest absolute Gasteiger partial charge is 0.340 e. The fourth-order valence-corrected chi connectivity index (χ4v) is 3.71. The van der Waals surface area contributed by atoms with Crippen molar-refractivity contribution in [2.45, 2.75) is 0 Å². The maximum atomic E-state index is 13.2. The highest BCUT2D eigenvalue weighted by Crippen LogP contribution is 2.50. The van der Waals surface area contributed by atoms with Gasteiger partial charge >= 0.3 is 29.8 Å². The highest BCUT2D eigenvalue weighted by molar-refractivity contribution is 14.1. The molecule has 33 heavy (non-hydrogen) atoms. The van der Waals surface area contributed by atoms with Crippen LogP contribution in [0.4, 0.5) is 5.69 Å². The van der Waals surface area contributed by atoms with Crippen LogP contribution in [0.1, 0.15) is 0 Å². The molecule has 0 saturated heterocycles. The Hall–Kier alpha value is -3.42. The van der Waals surface area contributed by atoms with Crippen LogP contribution in [0, 0.1) is 8.99 Å². The van der Waals surface area contributed by atoms with Crippen molar-refractivity contribution in [3.8, 4) is 0 Å². The van der Waals surface area contributed by atoms with E-state index in [9.17, 15) is 24.0 Å². The third-order valence-electron chi connectivity index (χ3n) is 4.77. The molecule has 0 atom stereocenters. The van der Waals surface area contributed by atoms with Gasteiger partial charge in [-0.2, -0.15) is 0 Å². The Bertz CT molecular complexity index is 1060. The van der Waals surface area contributed by atoms with Gasteiger partial charge in [0.2, 0.25) is 5.41 Å². The van der Waals surface area contributed by atoms with Gasteiger partial charge < -0.3 is 29.0 Å². The van der Waals surface area contributed by atoms with Gasteiger partial charge in [-0.1, -0.05) is 0 Å². The topological polar surface area (TPSA) is 144 Å². The Labute approximate surface area is 202 Å². The van der Waals surface area contributed by atoms with Crippen LogP contribution in [-0.4, -0.2) is 65.4 Å². The van der Waals surface area contributed by atoms with Gasteiger partial charge in [-0.05, 0) is 46.9 Å². The summed E-state index contributed by atoms with van der Waals surface area (Å²) in [5.41, 5.74) is -5.04. The predicted octanol–water partition coefficient (Wildman–Crippen LogP) is 1.12. The summed E-state index contributed by atoms with van der Waals surface area (Å²) in [6.45, 7) is 0. The lowest BCUT2D eigenvalue weighted by Gasteiger charge is -2.29. The molecule has 0 spiro atoms. The SMILES string of the molecule is COC(=O)C1=C(Nc2ccc(I)cc2)C(C(=O)OC)(C(=O)OC)C(C(=O)OC)=C1C(=O)OC. The Morgan fingerprint density at radius 1 is 0.697 bits per heavy atom. The van der Waals surface area contributed by atoms with Gasteiger partial charge in [0.1, 0.15) is 0 Å². The molecule has 0 bridgehead atoms. The molecule has 1 aromatic rings. The summed E-state index contributed by atoms with van der Waals surface area (Å²) in [5.74, 6) is -6.25. The van der Waals surface area contributed by atoms with Crippen molar-refractivity contribution in [2.75, 3.05) is 40.9 Å². The summed E-state index contributed by atoms with van der Waals surface area (Å²) in [6, 6.07) is 6.56. The van der Waals surface area contributed by atoms with E-state index in [2.05, 4.69) is 27.9 Å². The standard InChI is InChI=1S/C21H20INO10/c1-29-16(24)12-13(17(25)30-2)15(23-11-8-6-10(22)7-9-11)21(19(27)32-4,20(28)33-5)14(12)18(26)31-3/h6-9,23H,1-5H3. The number of halogens is 1. The van der Waals surface area contributed by atoms with E-state index in [1.807, 2.05) is 0 Å². The van der Waals surface area contributed by atoms with E-state index in [1.165, 1.54) is 0 Å². The molecule has 1 N–H and O–H groups in total. The fraction of sp³-hybridized carbons (Fsp3) is 0.286. The highest BCUT2D eigenvalue weighted by atomic mass is 127. The van der Waals surface area contributed by atoms with Crippen LogP contribution >= 0.6 is 22.6 Å². The molecule has 0 aliphatic heterocycles. The van der Waals surface area contributed by atoms with Crippen molar-refractivity contribution < 1.29 is 47.7 Å². The molecule has 2 rings (SSSR count). The number of ether oxygens (including phenoxy) is 5. The van der Waals surface area contributed by atoms with E-state index < -0.39 is 57.7 Å². The summed E-state index contributed by atoms with van der Waals surface area (Å²) in [5, 5.41) is 2.79. The molecule has 176 valence electrons. The second-order valence-corrected chi connectivity index (χ2v) is 7.59. The molecule has 0 radical (unpaired) electrons. The first-order valence-electron chi connectivity index (χ1n) is 9.09. The first kappa shape index (κ1) is 25.8. The Kier molecular flexibility index (Phi) is 8.19.